The van der Waals surface area contributed by atoms with Crippen LogP contribution in [0.5, 0.6) is 0 Å². The highest BCUT2D eigenvalue weighted by Crippen LogP contribution is 2.14. The summed E-state index contributed by atoms with van der Waals surface area (Å²) in [5.41, 5.74) is 0. The van der Waals surface area contributed by atoms with E-state index in [1.807, 2.05) is 0 Å². The lowest BCUT2D eigenvalue weighted by Gasteiger charge is -2.36. The molecule has 0 bridgehead atoms. The van der Waals surface area contributed by atoms with Crippen molar-refractivity contribution in [3.05, 3.63) is 0 Å². The molecule has 1 heterocycles. The molecule has 2 unspecified atom stereocenters. The van der Waals surface area contributed by atoms with E-state index in [1.165, 1.54) is 45.3 Å². The van der Waals surface area contributed by atoms with Gasteiger partial charge in [-0.2, -0.15) is 0 Å². The maximum atomic E-state index is 3.58. The third kappa shape index (κ3) is 3.58. The molecule has 1 saturated heterocycles. The molecular weight excluding hydrogens is 172 g/mol. The van der Waals surface area contributed by atoms with Crippen molar-refractivity contribution in [2.24, 2.45) is 0 Å². The van der Waals surface area contributed by atoms with Crippen LogP contribution in [0.15, 0.2) is 0 Å². The van der Waals surface area contributed by atoms with Gasteiger partial charge in [-0.3, -0.25) is 4.90 Å². The van der Waals surface area contributed by atoms with E-state index >= 15 is 0 Å². The smallest absolute Gasteiger partial charge is 0.0221 e. The number of unbranched alkanes of at least 4 members (excludes halogenated alkanes) is 1. The molecule has 1 fully saturated rings. The molecule has 0 amide bonds. The van der Waals surface area contributed by atoms with Gasteiger partial charge in [-0.1, -0.05) is 20.3 Å². The minimum atomic E-state index is 0.733. The summed E-state index contributed by atoms with van der Waals surface area (Å²) in [4.78, 5) is 2.64. The molecule has 0 aromatic heterocycles. The minimum absolute atomic E-state index is 0.733. The van der Waals surface area contributed by atoms with E-state index in [2.05, 4.69) is 31.0 Å². The Morgan fingerprint density at radius 3 is 2.57 bits per heavy atom. The fourth-order valence-electron chi connectivity index (χ4n) is 2.26. The fraction of sp³-hybridized carbons (Fsp3) is 1.00. The lowest BCUT2D eigenvalue weighted by atomic mass is 10.0. The van der Waals surface area contributed by atoms with Gasteiger partial charge >= 0.3 is 0 Å². The Hall–Kier alpha value is -0.0800. The number of rotatable bonds is 5. The van der Waals surface area contributed by atoms with Crippen LogP contribution in [0, 0.1) is 0 Å². The van der Waals surface area contributed by atoms with Crippen molar-refractivity contribution in [3.63, 3.8) is 0 Å². The number of nitrogens with zero attached hydrogens (tertiary/aromatic N) is 1. The highest BCUT2D eigenvalue weighted by molar-refractivity contribution is 4.81. The number of hydrogen-bond donors (Lipinski definition) is 1. The largest absolute Gasteiger partial charge is 0.313 e. The quantitative estimate of drug-likeness (QED) is 0.729. The minimum Gasteiger partial charge on any atom is -0.313 e. The molecule has 2 atom stereocenters. The molecule has 2 nitrogen and oxygen atoms in total. The highest BCUT2D eigenvalue weighted by Gasteiger charge is 2.21. The first-order valence-electron chi connectivity index (χ1n) is 6.25. The van der Waals surface area contributed by atoms with Crippen LogP contribution in [0.25, 0.3) is 0 Å². The molecule has 0 spiro atoms. The number of piperidine rings is 1. The predicted molar refractivity (Wildman–Crippen MR) is 62.6 cm³/mol. The summed E-state index contributed by atoms with van der Waals surface area (Å²) in [6.45, 7) is 10.5. The lowest BCUT2D eigenvalue weighted by molar-refractivity contribution is 0.159. The summed E-state index contributed by atoms with van der Waals surface area (Å²) in [6, 6.07) is 1.53. The third-order valence-electron chi connectivity index (χ3n) is 3.36. The normalized spacial score (nSPS) is 28.3. The molecule has 14 heavy (non-hydrogen) atoms. The van der Waals surface area contributed by atoms with E-state index < -0.39 is 0 Å². The van der Waals surface area contributed by atoms with Crippen LogP contribution >= 0.6 is 0 Å². The average molecular weight is 198 g/mol. The molecule has 1 rings (SSSR count). The van der Waals surface area contributed by atoms with Crippen molar-refractivity contribution >= 4 is 0 Å². The van der Waals surface area contributed by atoms with Gasteiger partial charge in [0.25, 0.3) is 0 Å². The molecule has 0 aromatic carbocycles. The predicted octanol–water partition coefficient (Wildman–Crippen LogP) is 2.25. The fourth-order valence-corrected chi connectivity index (χ4v) is 2.26. The maximum Gasteiger partial charge on any atom is 0.0221 e. The van der Waals surface area contributed by atoms with Gasteiger partial charge in [-0.05, 0) is 39.3 Å². The molecule has 2 heteroatoms. The first-order chi connectivity index (χ1) is 6.77. The van der Waals surface area contributed by atoms with Crippen LogP contribution < -0.4 is 5.32 Å². The second-order valence-corrected chi connectivity index (χ2v) is 4.52. The van der Waals surface area contributed by atoms with Gasteiger partial charge in [0.2, 0.25) is 0 Å². The Labute approximate surface area is 89.1 Å². The SMILES string of the molecule is CCCCN(CC)C1CCC(C)NC1. The van der Waals surface area contributed by atoms with Crippen LogP contribution in [0.2, 0.25) is 0 Å². The van der Waals surface area contributed by atoms with Crippen molar-refractivity contribution in [1.29, 1.82) is 0 Å². The lowest BCUT2D eigenvalue weighted by Crippen LogP contribution is -2.49. The van der Waals surface area contributed by atoms with Crippen LogP contribution in [-0.2, 0) is 0 Å². The summed E-state index contributed by atoms with van der Waals surface area (Å²) >= 11 is 0. The summed E-state index contributed by atoms with van der Waals surface area (Å²) in [5, 5.41) is 3.58. The van der Waals surface area contributed by atoms with E-state index in [9.17, 15) is 0 Å². The second-order valence-electron chi connectivity index (χ2n) is 4.52. The summed E-state index contributed by atoms with van der Waals surface area (Å²) < 4.78 is 0. The molecule has 1 N–H and O–H groups in total. The van der Waals surface area contributed by atoms with Gasteiger partial charge in [0, 0.05) is 18.6 Å². The van der Waals surface area contributed by atoms with Crippen LogP contribution in [-0.4, -0.2) is 36.6 Å². The number of hydrogen-bond acceptors (Lipinski definition) is 2. The zero-order chi connectivity index (χ0) is 10.4. The van der Waals surface area contributed by atoms with Crippen LogP contribution in [0.4, 0.5) is 0 Å². The third-order valence-corrected chi connectivity index (χ3v) is 3.36. The van der Waals surface area contributed by atoms with E-state index in [-0.39, 0.29) is 0 Å². The standard InChI is InChI=1S/C12H26N2/c1-4-6-9-14(5-2)12-8-7-11(3)13-10-12/h11-13H,4-10H2,1-3H3. The van der Waals surface area contributed by atoms with Gasteiger partial charge < -0.3 is 5.32 Å². The summed E-state index contributed by atoms with van der Waals surface area (Å²) in [6.07, 6.45) is 5.38. The Balaban J connectivity index is 2.29. The number of nitrogens with one attached hydrogen (secondary N) is 1. The second kappa shape index (κ2) is 6.41. The monoisotopic (exact) mass is 198 g/mol. The van der Waals surface area contributed by atoms with E-state index in [0.717, 1.165) is 12.1 Å². The van der Waals surface area contributed by atoms with Crippen molar-refractivity contribution in [1.82, 2.24) is 10.2 Å². The van der Waals surface area contributed by atoms with E-state index in [0.29, 0.717) is 0 Å². The van der Waals surface area contributed by atoms with Gasteiger partial charge in [0.1, 0.15) is 0 Å². The van der Waals surface area contributed by atoms with E-state index in [1.54, 1.807) is 0 Å². The zero-order valence-corrected chi connectivity index (χ0v) is 10.1. The Morgan fingerprint density at radius 2 is 2.07 bits per heavy atom. The summed E-state index contributed by atoms with van der Waals surface area (Å²) in [5.74, 6) is 0. The molecule has 1 aliphatic heterocycles. The highest BCUT2D eigenvalue weighted by atomic mass is 15.2. The molecule has 0 saturated carbocycles. The molecular formula is C12H26N2. The Bertz CT molecular complexity index is 137. The Kier molecular flexibility index (Phi) is 5.49. The maximum absolute atomic E-state index is 3.58. The van der Waals surface area contributed by atoms with Crippen molar-refractivity contribution in [2.75, 3.05) is 19.6 Å². The molecule has 0 radical (unpaired) electrons. The summed E-state index contributed by atoms with van der Waals surface area (Å²) in [7, 11) is 0. The average Bonchev–Trinajstić information content (AvgIpc) is 2.21. The van der Waals surface area contributed by atoms with Crippen molar-refractivity contribution in [3.8, 4) is 0 Å². The van der Waals surface area contributed by atoms with Crippen molar-refractivity contribution in [2.45, 2.75) is 58.5 Å². The van der Waals surface area contributed by atoms with Crippen LogP contribution in [0.1, 0.15) is 46.5 Å². The zero-order valence-electron chi connectivity index (χ0n) is 10.1. The number of likely N-dealkylation sites (N-methyl/N-ethyl adjacent to an activating group) is 1. The first kappa shape index (κ1) is 12.0. The molecule has 0 aromatic rings. The molecule has 0 aliphatic carbocycles. The topological polar surface area (TPSA) is 15.3 Å². The molecule has 84 valence electrons. The van der Waals surface area contributed by atoms with Crippen LogP contribution in [0.3, 0.4) is 0 Å². The molecule has 1 aliphatic rings. The van der Waals surface area contributed by atoms with Gasteiger partial charge in [0.15, 0.2) is 0 Å². The van der Waals surface area contributed by atoms with Crippen molar-refractivity contribution < 1.29 is 0 Å². The van der Waals surface area contributed by atoms with E-state index in [4.69, 9.17) is 0 Å². The van der Waals surface area contributed by atoms with Gasteiger partial charge in [0.05, 0.1) is 0 Å². The first-order valence-corrected chi connectivity index (χ1v) is 6.25. The van der Waals surface area contributed by atoms with Gasteiger partial charge in [-0.15, -0.1) is 0 Å². The van der Waals surface area contributed by atoms with Gasteiger partial charge in [-0.25, -0.2) is 0 Å². The Morgan fingerprint density at radius 1 is 1.29 bits per heavy atom.